The first kappa shape index (κ1) is 20.5. The van der Waals surface area contributed by atoms with E-state index in [0.29, 0.717) is 29.1 Å². The number of Topliss-reactive ketones (excluding diaryl/α,β-unsaturated/α-hetero) is 1. The second kappa shape index (κ2) is 7.49. The number of carbonyl (C=O) groups is 3. The number of nitrogens with one attached hydrogen (secondary N) is 1. The molecule has 0 bridgehead atoms. The SMILES string of the molecule is CC(=O)c1nn(CC(=O)N2[C@@H]3C[C@@H]3C[C@H]2C(=O)NCCC(C)(C)C)c2cnccc12. The molecule has 2 aliphatic rings. The minimum atomic E-state index is -0.423. The molecule has 1 aliphatic carbocycles. The van der Waals surface area contributed by atoms with Gasteiger partial charge in [0.15, 0.2) is 5.78 Å². The first-order chi connectivity index (χ1) is 14.2. The van der Waals surface area contributed by atoms with Crippen LogP contribution in [-0.2, 0) is 16.1 Å². The number of fused-ring (bicyclic) bond motifs is 2. The smallest absolute Gasteiger partial charge is 0.245 e. The Kier molecular flexibility index (Phi) is 5.11. The molecule has 3 atom stereocenters. The number of rotatable bonds is 6. The number of ketones is 1. The van der Waals surface area contributed by atoms with Gasteiger partial charge < -0.3 is 10.2 Å². The zero-order valence-corrected chi connectivity index (χ0v) is 18.0. The first-order valence-electron chi connectivity index (χ1n) is 10.6. The summed E-state index contributed by atoms with van der Waals surface area (Å²) in [6, 6.07) is 1.45. The summed E-state index contributed by atoms with van der Waals surface area (Å²) in [5, 5.41) is 8.06. The van der Waals surface area contributed by atoms with Gasteiger partial charge in [-0.15, -0.1) is 0 Å². The zero-order valence-electron chi connectivity index (χ0n) is 18.0. The highest BCUT2D eigenvalue weighted by atomic mass is 16.2. The van der Waals surface area contributed by atoms with Crippen molar-refractivity contribution in [3.63, 3.8) is 0 Å². The fraction of sp³-hybridized carbons (Fsp3) is 0.591. The lowest BCUT2D eigenvalue weighted by molar-refractivity contribution is -0.140. The molecule has 0 radical (unpaired) electrons. The fourth-order valence-electron chi connectivity index (χ4n) is 4.34. The highest BCUT2D eigenvalue weighted by Gasteiger charge is 2.55. The molecule has 160 valence electrons. The van der Waals surface area contributed by atoms with Gasteiger partial charge in [-0.05, 0) is 36.7 Å². The number of hydrogen-bond donors (Lipinski definition) is 1. The second-order valence-electron chi connectivity index (χ2n) is 9.67. The molecule has 4 rings (SSSR count). The standard InChI is InChI=1S/C22H29N5O3/c1-13(28)20-15-5-7-23-11-18(15)26(25-20)12-19(29)27-16-9-14(16)10-17(27)21(30)24-8-6-22(2,3)4/h5,7,11,14,16-17H,6,8-10,12H2,1-4H3,(H,24,30)/t14-,16-,17+/m1/s1. The third-order valence-corrected chi connectivity index (χ3v) is 6.04. The van der Waals surface area contributed by atoms with Crippen LogP contribution in [0.2, 0.25) is 0 Å². The maximum absolute atomic E-state index is 13.2. The molecule has 8 nitrogen and oxygen atoms in total. The molecule has 3 heterocycles. The molecule has 0 aromatic carbocycles. The van der Waals surface area contributed by atoms with E-state index in [1.807, 2.05) is 0 Å². The zero-order chi connectivity index (χ0) is 21.6. The van der Waals surface area contributed by atoms with E-state index in [4.69, 9.17) is 0 Å². The van der Waals surface area contributed by atoms with Crippen molar-refractivity contribution in [1.29, 1.82) is 0 Å². The molecule has 8 heteroatoms. The summed E-state index contributed by atoms with van der Waals surface area (Å²) in [6.45, 7) is 8.47. The Hall–Kier alpha value is -2.77. The van der Waals surface area contributed by atoms with Crippen LogP contribution in [-0.4, -0.2) is 55.9 Å². The van der Waals surface area contributed by atoms with Gasteiger partial charge >= 0.3 is 0 Å². The Balaban J connectivity index is 1.49. The van der Waals surface area contributed by atoms with E-state index in [0.717, 1.165) is 19.3 Å². The summed E-state index contributed by atoms with van der Waals surface area (Å²) >= 11 is 0. The van der Waals surface area contributed by atoms with Crippen molar-refractivity contribution in [2.45, 2.75) is 65.6 Å². The Morgan fingerprint density at radius 3 is 2.70 bits per heavy atom. The van der Waals surface area contributed by atoms with Crippen LogP contribution in [0.15, 0.2) is 18.5 Å². The Morgan fingerprint density at radius 2 is 2.00 bits per heavy atom. The fourth-order valence-corrected chi connectivity index (χ4v) is 4.34. The van der Waals surface area contributed by atoms with E-state index < -0.39 is 6.04 Å². The van der Waals surface area contributed by atoms with Crippen molar-refractivity contribution in [3.05, 3.63) is 24.2 Å². The van der Waals surface area contributed by atoms with Crippen LogP contribution in [0.4, 0.5) is 0 Å². The largest absolute Gasteiger partial charge is 0.354 e. The summed E-state index contributed by atoms with van der Waals surface area (Å²) in [5.41, 5.74) is 1.13. The normalized spacial score (nSPS) is 22.8. The molecule has 30 heavy (non-hydrogen) atoms. The minimum Gasteiger partial charge on any atom is -0.354 e. The molecule has 1 aliphatic heterocycles. The van der Waals surface area contributed by atoms with Crippen molar-refractivity contribution in [3.8, 4) is 0 Å². The van der Waals surface area contributed by atoms with Crippen LogP contribution in [0.25, 0.3) is 10.9 Å². The van der Waals surface area contributed by atoms with E-state index in [1.165, 1.54) is 11.6 Å². The van der Waals surface area contributed by atoms with Gasteiger partial charge in [0, 0.05) is 31.1 Å². The van der Waals surface area contributed by atoms with Crippen molar-refractivity contribution in [2.75, 3.05) is 6.54 Å². The van der Waals surface area contributed by atoms with Gasteiger partial charge in [-0.1, -0.05) is 20.8 Å². The van der Waals surface area contributed by atoms with Crippen LogP contribution in [0.1, 0.15) is 57.4 Å². The van der Waals surface area contributed by atoms with E-state index in [2.05, 4.69) is 36.2 Å². The Bertz CT molecular complexity index is 1010. The lowest BCUT2D eigenvalue weighted by atomic mass is 9.92. The third kappa shape index (κ3) is 3.95. The summed E-state index contributed by atoms with van der Waals surface area (Å²) in [4.78, 5) is 43.8. The summed E-state index contributed by atoms with van der Waals surface area (Å²) in [5.74, 6) is 0.0450. The molecule has 2 aromatic heterocycles. The van der Waals surface area contributed by atoms with Crippen LogP contribution >= 0.6 is 0 Å². The van der Waals surface area contributed by atoms with Gasteiger partial charge in [0.1, 0.15) is 18.3 Å². The quantitative estimate of drug-likeness (QED) is 0.735. The van der Waals surface area contributed by atoms with Crippen molar-refractivity contribution in [2.24, 2.45) is 11.3 Å². The average Bonchev–Trinajstić information content (AvgIpc) is 3.17. The Morgan fingerprint density at radius 1 is 1.23 bits per heavy atom. The lowest BCUT2D eigenvalue weighted by Gasteiger charge is -2.27. The summed E-state index contributed by atoms with van der Waals surface area (Å²) < 4.78 is 1.53. The molecule has 1 saturated carbocycles. The van der Waals surface area contributed by atoms with E-state index >= 15 is 0 Å². The number of nitrogens with zero attached hydrogens (tertiary/aromatic N) is 4. The molecular weight excluding hydrogens is 382 g/mol. The van der Waals surface area contributed by atoms with Gasteiger partial charge in [-0.25, -0.2) is 0 Å². The monoisotopic (exact) mass is 411 g/mol. The first-order valence-corrected chi connectivity index (χ1v) is 10.6. The number of amides is 2. The Labute approximate surface area is 176 Å². The molecule has 0 unspecified atom stereocenters. The number of aromatic nitrogens is 3. The van der Waals surface area contributed by atoms with E-state index in [1.54, 1.807) is 23.4 Å². The molecule has 1 saturated heterocycles. The molecule has 1 N–H and O–H groups in total. The number of hydrogen-bond acceptors (Lipinski definition) is 5. The highest BCUT2D eigenvalue weighted by molar-refractivity contribution is 6.04. The number of carbonyl (C=O) groups excluding carboxylic acids is 3. The second-order valence-corrected chi connectivity index (χ2v) is 9.67. The maximum Gasteiger partial charge on any atom is 0.245 e. The number of piperidine rings is 1. The molecule has 0 spiro atoms. The van der Waals surface area contributed by atoms with Crippen molar-refractivity contribution >= 4 is 28.5 Å². The maximum atomic E-state index is 13.2. The van der Waals surface area contributed by atoms with Crippen molar-refractivity contribution in [1.82, 2.24) is 25.0 Å². The molecule has 2 fully saturated rings. The van der Waals surface area contributed by atoms with Crippen molar-refractivity contribution < 1.29 is 14.4 Å². The van der Waals surface area contributed by atoms with E-state index in [9.17, 15) is 14.4 Å². The van der Waals surface area contributed by atoms with Gasteiger partial charge in [-0.2, -0.15) is 5.10 Å². The lowest BCUT2D eigenvalue weighted by Crippen LogP contribution is -2.49. The van der Waals surface area contributed by atoms with Gasteiger partial charge in [0.05, 0.1) is 11.7 Å². The number of likely N-dealkylation sites (tertiary alicyclic amines) is 1. The molecule has 2 amide bonds. The summed E-state index contributed by atoms with van der Waals surface area (Å²) in [7, 11) is 0. The van der Waals surface area contributed by atoms with Crippen LogP contribution < -0.4 is 5.32 Å². The third-order valence-electron chi connectivity index (χ3n) is 6.04. The molecular formula is C22H29N5O3. The average molecular weight is 412 g/mol. The van der Waals surface area contributed by atoms with Crippen LogP contribution in [0.3, 0.4) is 0 Å². The highest BCUT2D eigenvalue weighted by Crippen LogP contribution is 2.48. The topological polar surface area (TPSA) is 97.2 Å². The minimum absolute atomic E-state index is 0.00946. The van der Waals surface area contributed by atoms with E-state index in [-0.39, 0.29) is 35.6 Å². The summed E-state index contributed by atoms with van der Waals surface area (Å²) in [6.07, 6.45) is 5.78. The van der Waals surface area contributed by atoms with Gasteiger partial charge in [0.2, 0.25) is 11.8 Å². The predicted molar refractivity (Wildman–Crippen MR) is 112 cm³/mol. The van der Waals surface area contributed by atoms with Crippen LogP contribution in [0, 0.1) is 11.3 Å². The number of pyridine rings is 1. The predicted octanol–water partition coefficient (Wildman–Crippen LogP) is 2.18. The van der Waals surface area contributed by atoms with Gasteiger partial charge in [0.25, 0.3) is 0 Å². The molecule has 2 aromatic rings. The van der Waals surface area contributed by atoms with Gasteiger partial charge in [-0.3, -0.25) is 24.0 Å². The van der Waals surface area contributed by atoms with Crippen LogP contribution in [0.5, 0.6) is 0 Å².